The molecular formula is C9H13NO. The van der Waals surface area contributed by atoms with Crippen LogP contribution in [-0.4, -0.2) is 12.3 Å². The maximum atomic E-state index is 11.1. The van der Waals surface area contributed by atoms with Crippen LogP contribution in [0.1, 0.15) is 19.3 Å². The number of hydrogen-bond acceptors (Lipinski definition) is 2. The van der Waals surface area contributed by atoms with Crippen LogP contribution in [-0.2, 0) is 4.79 Å². The number of nitrogens with two attached hydrogens (primary N) is 1. The van der Waals surface area contributed by atoms with Gasteiger partial charge in [-0.2, -0.15) is 0 Å². The van der Waals surface area contributed by atoms with Crippen molar-refractivity contribution >= 4 is 5.78 Å². The molecule has 0 aliphatic heterocycles. The van der Waals surface area contributed by atoms with Gasteiger partial charge in [-0.1, -0.05) is 6.42 Å². The molecule has 2 unspecified atom stereocenters. The average molecular weight is 151 g/mol. The third-order valence-electron chi connectivity index (χ3n) is 2.44. The molecule has 1 fully saturated rings. The smallest absolute Gasteiger partial charge is 0.208 e. The monoisotopic (exact) mass is 151 g/mol. The van der Waals surface area contributed by atoms with Crippen molar-refractivity contribution in [1.29, 1.82) is 0 Å². The summed E-state index contributed by atoms with van der Waals surface area (Å²) in [4.78, 5) is 11.1. The highest BCUT2D eigenvalue weighted by Gasteiger charge is 2.30. The summed E-state index contributed by atoms with van der Waals surface area (Å²) in [6.07, 6.45) is 8.13. The van der Waals surface area contributed by atoms with E-state index >= 15 is 0 Å². The molecule has 1 rings (SSSR count). The molecule has 0 bridgehead atoms. The normalized spacial score (nSPS) is 29.8. The molecule has 1 aliphatic rings. The molecule has 0 heterocycles. The predicted molar refractivity (Wildman–Crippen MR) is 43.7 cm³/mol. The number of carbonyl (C=O) groups is 1. The quantitative estimate of drug-likeness (QED) is 0.463. The van der Waals surface area contributed by atoms with Crippen LogP contribution in [0.25, 0.3) is 0 Å². The second kappa shape index (κ2) is 3.54. The van der Waals surface area contributed by atoms with Gasteiger partial charge in [0.2, 0.25) is 5.78 Å². The second-order valence-corrected chi connectivity index (χ2v) is 3.04. The summed E-state index contributed by atoms with van der Waals surface area (Å²) in [5.41, 5.74) is 5.50. The van der Waals surface area contributed by atoms with Gasteiger partial charge in [-0.25, -0.2) is 0 Å². The van der Waals surface area contributed by atoms with Crippen LogP contribution in [0.15, 0.2) is 0 Å². The van der Waals surface area contributed by atoms with E-state index in [0.29, 0.717) is 12.5 Å². The van der Waals surface area contributed by atoms with Gasteiger partial charge in [0.05, 0.1) is 0 Å². The van der Waals surface area contributed by atoms with Crippen LogP contribution in [0.5, 0.6) is 0 Å². The Labute approximate surface area is 67.2 Å². The van der Waals surface area contributed by atoms with Crippen LogP contribution in [0.3, 0.4) is 0 Å². The first kappa shape index (κ1) is 8.29. The molecule has 2 heteroatoms. The van der Waals surface area contributed by atoms with Gasteiger partial charge in [0.1, 0.15) is 0 Å². The maximum Gasteiger partial charge on any atom is 0.208 e. The summed E-state index contributed by atoms with van der Waals surface area (Å²) in [6, 6.07) is 0. The van der Waals surface area contributed by atoms with Crippen molar-refractivity contribution in [3.8, 4) is 12.3 Å². The van der Waals surface area contributed by atoms with E-state index in [9.17, 15) is 4.79 Å². The highest BCUT2D eigenvalue weighted by molar-refractivity contribution is 5.97. The lowest BCUT2D eigenvalue weighted by Gasteiger charge is -2.12. The zero-order valence-electron chi connectivity index (χ0n) is 6.55. The molecule has 0 spiro atoms. The van der Waals surface area contributed by atoms with Crippen molar-refractivity contribution in [1.82, 2.24) is 0 Å². The van der Waals surface area contributed by atoms with Crippen molar-refractivity contribution in [2.24, 2.45) is 17.6 Å². The molecule has 11 heavy (non-hydrogen) atoms. The van der Waals surface area contributed by atoms with Crippen LogP contribution in [0, 0.1) is 24.2 Å². The number of ketones is 1. The Morgan fingerprint density at radius 3 is 2.91 bits per heavy atom. The lowest BCUT2D eigenvalue weighted by molar-refractivity contribution is -0.118. The van der Waals surface area contributed by atoms with Crippen molar-refractivity contribution in [3.63, 3.8) is 0 Å². The fourth-order valence-electron chi connectivity index (χ4n) is 1.77. The second-order valence-electron chi connectivity index (χ2n) is 3.04. The molecule has 0 radical (unpaired) electrons. The predicted octanol–water partition coefficient (Wildman–Crippen LogP) is 0.564. The van der Waals surface area contributed by atoms with Gasteiger partial charge < -0.3 is 5.73 Å². The van der Waals surface area contributed by atoms with E-state index in [1.54, 1.807) is 0 Å². The van der Waals surface area contributed by atoms with Crippen molar-refractivity contribution in [2.45, 2.75) is 19.3 Å². The Balaban J connectivity index is 2.58. The Hall–Kier alpha value is -0.810. The molecule has 1 saturated carbocycles. The largest absolute Gasteiger partial charge is 0.330 e. The van der Waals surface area contributed by atoms with E-state index in [2.05, 4.69) is 5.92 Å². The minimum atomic E-state index is -0.0575. The lowest BCUT2D eigenvalue weighted by Crippen LogP contribution is -2.24. The summed E-state index contributed by atoms with van der Waals surface area (Å²) in [6.45, 7) is 0.595. The molecular weight excluding hydrogens is 138 g/mol. The third-order valence-corrected chi connectivity index (χ3v) is 2.44. The molecule has 2 nitrogen and oxygen atoms in total. The van der Waals surface area contributed by atoms with E-state index in [0.717, 1.165) is 19.3 Å². The van der Waals surface area contributed by atoms with Crippen molar-refractivity contribution in [2.75, 3.05) is 6.54 Å². The van der Waals surface area contributed by atoms with E-state index in [4.69, 9.17) is 12.2 Å². The van der Waals surface area contributed by atoms with Gasteiger partial charge in [-0.3, -0.25) is 4.79 Å². The van der Waals surface area contributed by atoms with Crippen LogP contribution < -0.4 is 5.73 Å². The van der Waals surface area contributed by atoms with Crippen molar-refractivity contribution in [3.05, 3.63) is 0 Å². The minimum Gasteiger partial charge on any atom is -0.330 e. The Morgan fingerprint density at radius 1 is 1.64 bits per heavy atom. The molecule has 1 aliphatic carbocycles. The number of carbonyl (C=O) groups excluding carboxylic acids is 1. The Bertz CT molecular complexity index is 192. The van der Waals surface area contributed by atoms with Crippen LogP contribution in [0.2, 0.25) is 0 Å². The SMILES string of the molecule is C#CC(=O)C1CCCC1CN. The van der Waals surface area contributed by atoms with Gasteiger partial charge in [-0.05, 0) is 31.2 Å². The summed E-state index contributed by atoms with van der Waals surface area (Å²) >= 11 is 0. The summed E-state index contributed by atoms with van der Waals surface area (Å²) < 4.78 is 0. The Kier molecular flexibility index (Phi) is 2.67. The summed E-state index contributed by atoms with van der Waals surface area (Å²) in [5.74, 6) is 2.53. The Morgan fingerprint density at radius 2 is 2.36 bits per heavy atom. The topological polar surface area (TPSA) is 43.1 Å². The summed E-state index contributed by atoms with van der Waals surface area (Å²) in [5, 5.41) is 0. The first-order valence-electron chi connectivity index (χ1n) is 4.00. The number of hydrogen-bond donors (Lipinski definition) is 1. The molecule has 2 atom stereocenters. The van der Waals surface area contributed by atoms with Gasteiger partial charge in [0.25, 0.3) is 0 Å². The van der Waals surface area contributed by atoms with Crippen LogP contribution in [0.4, 0.5) is 0 Å². The van der Waals surface area contributed by atoms with Gasteiger partial charge in [0.15, 0.2) is 0 Å². The lowest BCUT2D eigenvalue weighted by atomic mass is 9.92. The highest BCUT2D eigenvalue weighted by Crippen LogP contribution is 2.31. The summed E-state index contributed by atoms with van der Waals surface area (Å²) in [7, 11) is 0. The fourth-order valence-corrected chi connectivity index (χ4v) is 1.77. The third kappa shape index (κ3) is 1.61. The minimum absolute atomic E-state index is 0.0575. The van der Waals surface area contributed by atoms with Crippen LogP contribution >= 0.6 is 0 Å². The van der Waals surface area contributed by atoms with E-state index in [-0.39, 0.29) is 11.7 Å². The highest BCUT2D eigenvalue weighted by atomic mass is 16.1. The molecule has 0 saturated heterocycles. The molecule has 2 N–H and O–H groups in total. The van der Waals surface area contributed by atoms with E-state index in [1.165, 1.54) is 0 Å². The molecule has 0 aromatic rings. The number of Topliss-reactive ketones (excluding diaryl/α,β-unsaturated/α-hetero) is 1. The van der Waals surface area contributed by atoms with E-state index in [1.807, 2.05) is 0 Å². The standard InChI is InChI=1S/C9H13NO/c1-2-9(11)8-5-3-4-7(8)6-10/h1,7-8H,3-6,10H2. The first-order chi connectivity index (χ1) is 5.29. The molecule has 0 amide bonds. The fraction of sp³-hybridized carbons (Fsp3) is 0.667. The number of terminal acetylenes is 1. The maximum absolute atomic E-state index is 11.1. The van der Waals surface area contributed by atoms with Gasteiger partial charge >= 0.3 is 0 Å². The molecule has 0 aromatic heterocycles. The first-order valence-corrected chi connectivity index (χ1v) is 4.00. The number of rotatable bonds is 2. The average Bonchev–Trinajstić information content (AvgIpc) is 2.50. The van der Waals surface area contributed by atoms with Crippen molar-refractivity contribution < 1.29 is 4.79 Å². The molecule has 0 aromatic carbocycles. The molecule has 60 valence electrons. The zero-order chi connectivity index (χ0) is 8.27. The zero-order valence-corrected chi connectivity index (χ0v) is 6.55. The van der Waals surface area contributed by atoms with Gasteiger partial charge in [-0.15, -0.1) is 6.42 Å². The van der Waals surface area contributed by atoms with Gasteiger partial charge in [0, 0.05) is 5.92 Å². The van der Waals surface area contributed by atoms with E-state index < -0.39 is 0 Å².